The molecule has 20 heavy (non-hydrogen) atoms. The fourth-order valence-electron chi connectivity index (χ4n) is 1.84. The molecule has 108 valence electrons. The smallest absolute Gasteiger partial charge is 0.306 e. The molecule has 1 N–H and O–H groups in total. The summed E-state index contributed by atoms with van der Waals surface area (Å²) >= 11 is 0.711. The molecule has 0 aliphatic rings. The molecule has 0 saturated heterocycles. The molecule has 7 heteroatoms. The average Bonchev–Trinajstić information content (AvgIpc) is 2.77. The van der Waals surface area contributed by atoms with E-state index in [1.807, 2.05) is 19.1 Å². The Hall–Kier alpha value is -1.60. The van der Waals surface area contributed by atoms with Crippen LogP contribution in [0.2, 0.25) is 0 Å². The van der Waals surface area contributed by atoms with Crippen molar-refractivity contribution in [3.8, 4) is 0 Å². The zero-order valence-electron chi connectivity index (χ0n) is 11.5. The number of aromatic nitrogens is 1. The highest BCUT2D eigenvalue weighted by Gasteiger charge is 2.26. The number of sulfonamides is 1. The van der Waals surface area contributed by atoms with E-state index in [4.69, 9.17) is 0 Å². The van der Waals surface area contributed by atoms with Crippen LogP contribution in [0.4, 0.5) is 5.69 Å². The highest BCUT2D eigenvalue weighted by Crippen LogP contribution is 2.25. The summed E-state index contributed by atoms with van der Waals surface area (Å²) in [7, 11) is -2.21. The largest absolute Gasteiger partial charge is 0.315 e. The van der Waals surface area contributed by atoms with E-state index in [1.165, 1.54) is 11.4 Å². The number of aromatic amines is 1. The normalized spacial score (nSPS) is 11.6. The van der Waals surface area contributed by atoms with Crippen molar-refractivity contribution < 1.29 is 8.42 Å². The van der Waals surface area contributed by atoms with Crippen molar-refractivity contribution in [2.45, 2.75) is 24.5 Å². The van der Waals surface area contributed by atoms with Gasteiger partial charge < -0.3 is 4.98 Å². The van der Waals surface area contributed by atoms with Gasteiger partial charge in [-0.25, -0.2) is 8.42 Å². The SMILES string of the molecule is CCc1ccc(N(C)S(=O)(=O)c2sc(=O)[nH]c2C)cc1. The topological polar surface area (TPSA) is 70.2 Å². The highest BCUT2D eigenvalue weighted by molar-refractivity contribution is 7.94. The van der Waals surface area contributed by atoms with Crippen LogP contribution in [-0.4, -0.2) is 20.4 Å². The second-order valence-corrected chi connectivity index (χ2v) is 7.57. The van der Waals surface area contributed by atoms with Crippen LogP contribution in [-0.2, 0) is 16.4 Å². The lowest BCUT2D eigenvalue weighted by atomic mass is 10.1. The minimum Gasteiger partial charge on any atom is -0.315 e. The molecule has 1 aromatic carbocycles. The van der Waals surface area contributed by atoms with Gasteiger partial charge in [0.1, 0.15) is 0 Å². The van der Waals surface area contributed by atoms with Gasteiger partial charge in [-0.1, -0.05) is 30.4 Å². The Balaban J connectivity index is 2.42. The zero-order chi connectivity index (χ0) is 14.9. The van der Waals surface area contributed by atoms with Crippen LogP contribution in [0.3, 0.4) is 0 Å². The Kier molecular flexibility index (Phi) is 4.01. The standard InChI is InChI=1S/C13H16N2O3S2/c1-4-10-5-7-11(8-6-10)15(3)20(17,18)12-9(2)14-13(16)19-12/h5-8H,4H2,1-3H3,(H,14,16). The van der Waals surface area contributed by atoms with Gasteiger partial charge in [0, 0.05) is 12.7 Å². The number of nitrogens with one attached hydrogen (secondary N) is 1. The van der Waals surface area contributed by atoms with Crippen LogP contribution in [0.25, 0.3) is 0 Å². The van der Waals surface area contributed by atoms with Crippen molar-refractivity contribution >= 4 is 27.0 Å². The van der Waals surface area contributed by atoms with E-state index in [0.29, 0.717) is 22.7 Å². The molecule has 0 fully saturated rings. The third-order valence-electron chi connectivity index (χ3n) is 3.08. The van der Waals surface area contributed by atoms with Gasteiger partial charge in [-0.3, -0.25) is 9.10 Å². The van der Waals surface area contributed by atoms with Crippen molar-refractivity contribution in [1.82, 2.24) is 4.98 Å². The number of hydrogen-bond donors (Lipinski definition) is 1. The molecule has 2 aromatic rings. The molecule has 0 aliphatic heterocycles. The monoisotopic (exact) mass is 312 g/mol. The van der Waals surface area contributed by atoms with Gasteiger partial charge in [-0.2, -0.15) is 0 Å². The van der Waals surface area contributed by atoms with Gasteiger partial charge in [0.25, 0.3) is 10.0 Å². The van der Waals surface area contributed by atoms with Crippen LogP contribution >= 0.6 is 11.3 Å². The summed E-state index contributed by atoms with van der Waals surface area (Å²) < 4.78 is 26.3. The second kappa shape index (κ2) is 5.41. The minimum absolute atomic E-state index is 0.0598. The lowest BCUT2D eigenvalue weighted by Gasteiger charge is -2.19. The molecule has 0 atom stereocenters. The van der Waals surface area contributed by atoms with Crippen molar-refractivity contribution in [2.24, 2.45) is 0 Å². The fraction of sp³-hybridized carbons (Fsp3) is 0.308. The first-order chi connectivity index (χ1) is 9.36. The Morgan fingerprint density at radius 1 is 1.25 bits per heavy atom. The van der Waals surface area contributed by atoms with E-state index in [1.54, 1.807) is 19.1 Å². The molecule has 0 saturated carbocycles. The molecular formula is C13H16N2O3S2. The number of hydrogen-bond acceptors (Lipinski definition) is 4. The zero-order valence-corrected chi connectivity index (χ0v) is 13.1. The van der Waals surface area contributed by atoms with E-state index in [0.717, 1.165) is 12.0 Å². The first kappa shape index (κ1) is 14.8. The lowest BCUT2D eigenvalue weighted by molar-refractivity contribution is 0.595. The molecule has 2 rings (SSSR count). The first-order valence-electron chi connectivity index (χ1n) is 6.14. The maximum absolute atomic E-state index is 12.5. The molecule has 0 radical (unpaired) electrons. The predicted molar refractivity (Wildman–Crippen MR) is 81.1 cm³/mol. The van der Waals surface area contributed by atoms with Gasteiger partial charge in [0.15, 0.2) is 4.21 Å². The second-order valence-electron chi connectivity index (χ2n) is 4.42. The number of benzene rings is 1. The molecule has 5 nitrogen and oxygen atoms in total. The molecule has 0 spiro atoms. The van der Waals surface area contributed by atoms with Gasteiger partial charge in [-0.15, -0.1) is 0 Å². The maximum Gasteiger partial charge on any atom is 0.306 e. The molecule has 1 aromatic heterocycles. The number of aryl methyl sites for hydroxylation is 2. The van der Waals surface area contributed by atoms with Crippen LogP contribution in [0.1, 0.15) is 18.2 Å². The number of thiazole rings is 1. The van der Waals surface area contributed by atoms with Crippen LogP contribution in [0, 0.1) is 6.92 Å². The van der Waals surface area contributed by atoms with E-state index in [2.05, 4.69) is 4.98 Å². The Morgan fingerprint density at radius 3 is 2.30 bits per heavy atom. The molecule has 0 amide bonds. The third-order valence-corrected chi connectivity index (χ3v) is 6.45. The van der Waals surface area contributed by atoms with Gasteiger partial charge in [-0.05, 0) is 31.0 Å². The van der Waals surface area contributed by atoms with Crippen LogP contribution in [0.5, 0.6) is 0 Å². The fourth-order valence-corrected chi connectivity index (χ4v) is 4.49. The Morgan fingerprint density at radius 2 is 1.85 bits per heavy atom. The van der Waals surface area contributed by atoms with Gasteiger partial charge >= 0.3 is 4.87 Å². The van der Waals surface area contributed by atoms with Gasteiger partial charge in [0.2, 0.25) is 0 Å². The van der Waals surface area contributed by atoms with E-state index >= 15 is 0 Å². The van der Waals surface area contributed by atoms with Crippen molar-refractivity contribution in [1.29, 1.82) is 0 Å². The van der Waals surface area contributed by atoms with Crippen molar-refractivity contribution in [3.05, 3.63) is 45.2 Å². The summed E-state index contributed by atoms with van der Waals surface area (Å²) in [6, 6.07) is 7.32. The lowest BCUT2D eigenvalue weighted by Crippen LogP contribution is -2.26. The highest BCUT2D eigenvalue weighted by atomic mass is 32.2. The summed E-state index contributed by atoms with van der Waals surface area (Å²) in [6.07, 6.45) is 0.898. The van der Waals surface area contributed by atoms with Gasteiger partial charge in [0.05, 0.1) is 5.69 Å². The average molecular weight is 312 g/mol. The van der Waals surface area contributed by atoms with E-state index in [-0.39, 0.29) is 9.08 Å². The summed E-state index contributed by atoms with van der Waals surface area (Å²) in [5.74, 6) is 0. The minimum atomic E-state index is -3.70. The summed E-state index contributed by atoms with van der Waals surface area (Å²) in [6.45, 7) is 3.62. The molecule has 0 aliphatic carbocycles. The number of rotatable bonds is 4. The molecular weight excluding hydrogens is 296 g/mol. The quantitative estimate of drug-likeness (QED) is 0.940. The van der Waals surface area contributed by atoms with E-state index < -0.39 is 10.0 Å². The van der Waals surface area contributed by atoms with Crippen LogP contribution in [0.15, 0.2) is 33.3 Å². The molecule has 0 bridgehead atoms. The van der Waals surface area contributed by atoms with Crippen LogP contribution < -0.4 is 9.18 Å². The summed E-state index contributed by atoms with van der Waals surface area (Å²) in [5.41, 5.74) is 2.08. The summed E-state index contributed by atoms with van der Waals surface area (Å²) in [5, 5.41) is 0. The van der Waals surface area contributed by atoms with E-state index in [9.17, 15) is 13.2 Å². The Labute approximate surface area is 121 Å². The maximum atomic E-state index is 12.5. The number of anilines is 1. The third kappa shape index (κ3) is 2.64. The van der Waals surface area contributed by atoms with Crippen molar-refractivity contribution in [2.75, 3.05) is 11.4 Å². The molecule has 1 heterocycles. The Bertz CT molecular complexity index is 758. The number of H-pyrrole nitrogens is 1. The first-order valence-corrected chi connectivity index (χ1v) is 8.39. The molecule has 0 unspecified atom stereocenters. The van der Waals surface area contributed by atoms with Crippen molar-refractivity contribution in [3.63, 3.8) is 0 Å². The number of nitrogens with zero attached hydrogens (tertiary/aromatic N) is 1. The summed E-state index contributed by atoms with van der Waals surface area (Å²) in [4.78, 5) is 13.4. The predicted octanol–water partition coefficient (Wildman–Crippen LogP) is 2.13.